The van der Waals surface area contributed by atoms with Crippen LogP contribution in [-0.4, -0.2) is 47.5 Å². The number of nitrogens with one attached hydrogen (secondary N) is 1. The van der Waals surface area contributed by atoms with E-state index in [1.807, 2.05) is 0 Å². The molecule has 21 heavy (non-hydrogen) atoms. The Bertz CT molecular complexity index is 544. The maximum atomic E-state index is 13.8. The molecule has 1 aliphatic rings. The largest absolute Gasteiger partial charge is 0.508 e. The van der Waals surface area contributed by atoms with Crippen LogP contribution < -0.4 is 11.1 Å². The molecule has 1 heterocycles. The molecule has 0 spiro atoms. The Kier molecular flexibility index (Phi) is 4.74. The van der Waals surface area contributed by atoms with Crippen LogP contribution in [0, 0.1) is 5.82 Å². The van der Waals surface area contributed by atoms with Crippen LogP contribution in [-0.2, 0) is 4.79 Å². The third-order valence-electron chi connectivity index (χ3n) is 3.52. The number of phenols is 1. The van der Waals surface area contributed by atoms with Crippen LogP contribution in [0.1, 0.15) is 23.2 Å². The predicted octanol–water partition coefficient (Wildman–Crippen LogP) is 0.211. The number of carbonyl (C=O) groups excluding carboxylic acids is 2. The van der Waals surface area contributed by atoms with Gasteiger partial charge in [0.1, 0.15) is 11.6 Å². The smallest absolute Gasteiger partial charge is 0.257 e. The molecule has 0 radical (unpaired) electrons. The molecule has 0 unspecified atom stereocenters. The topological polar surface area (TPSA) is 95.7 Å². The number of nitrogens with two attached hydrogens (primary N) is 1. The minimum atomic E-state index is -0.816. The van der Waals surface area contributed by atoms with E-state index in [2.05, 4.69) is 5.32 Å². The average molecular weight is 295 g/mol. The van der Waals surface area contributed by atoms with Gasteiger partial charge in [0.2, 0.25) is 5.91 Å². The molecular formula is C14H18FN3O3. The van der Waals surface area contributed by atoms with Gasteiger partial charge in [0.05, 0.1) is 12.1 Å². The van der Waals surface area contributed by atoms with E-state index in [-0.39, 0.29) is 23.9 Å². The van der Waals surface area contributed by atoms with Crippen LogP contribution in [0.3, 0.4) is 0 Å². The van der Waals surface area contributed by atoms with Gasteiger partial charge in [-0.15, -0.1) is 0 Å². The summed E-state index contributed by atoms with van der Waals surface area (Å²) in [5, 5.41) is 12.4. The highest BCUT2D eigenvalue weighted by molar-refractivity contribution is 5.97. The lowest BCUT2D eigenvalue weighted by atomic mass is 10.0. The van der Waals surface area contributed by atoms with Gasteiger partial charge in [-0.25, -0.2) is 4.39 Å². The van der Waals surface area contributed by atoms with Crippen LogP contribution in [0.4, 0.5) is 4.39 Å². The van der Waals surface area contributed by atoms with Crippen molar-refractivity contribution in [1.82, 2.24) is 10.2 Å². The SMILES string of the molecule is NC(=O)CN(C(=O)c1ccc(O)cc1F)C1CCNCC1. The summed E-state index contributed by atoms with van der Waals surface area (Å²) in [5.74, 6) is -2.30. The molecule has 1 aromatic rings. The maximum Gasteiger partial charge on any atom is 0.257 e. The molecule has 0 aromatic heterocycles. The molecule has 1 fully saturated rings. The van der Waals surface area contributed by atoms with Crippen molar-refractivity contribution in [2.45, 2.75) is 18.9 Å². The Morgan fingerprint density at radius 2 is 2.05 bits per heavy atom. The van der Waals surface area contributed by atoms with E-state index in [0.717, 1.165) is 19.2 Å². The van der Waals surface area contributed by atoms with E-state index in [0.29, 0.717) is 12.8 Å². The van der Waals surface area contributed by atoms with Crippen molar-refractivity contribution in [3.63, 3.8) is 0 Å². The standard InChI is InChI=1S/C14H18FN3O3/c15-12-7-10(19)1-2-11(12)14(21)18(8-13(16)20)9-3-5-17-6-4-9/h1-2,7,9,17,19H,3-6,8H2,(H2,16,20). The zero-order chi connectivity index (χ0) is 15.4. The molecule has 1 aromatic carbocycles. The van der Waals surface area contributed by atoms with Gasteiger partial charge < -0.3 is 21.1 Å². The Morgan fingerprint density at radius 1 is 1.38 bits per heavy atom. The van der Waals surface area contributed by atoms with Crippen molar-refractivity contribution in [1.29, 1.82) is 0 Å². The molecule has 0 bridgehead atoms. The predicted molar refractivity (Wildman–Crippen MR) is 74.2 cm³/mol. The maximum absolute atomic E-state index is 13.8. The molecule has 114 valence electrons. The second-order valence-electron chi connectivity index (χ2n) is 5.04. The number of piperidine rings is 1. The third-order valence-corrected chi connectivity index (χ3v) is 3.52. The van der Waals surface area contributed by atoms with Crippen LogP contribution in [0.5, 0.6) is 5.75 Å². The van der Waals surface area contributed by atoms with Crippen LogP contribution >= 0.6 is 0 Å². The van der Waals surface area contributed by atoms with Crippen molar-refractivity contribution in [2.75, 3.05) is 19.6 Å². The average Bonchev–Trinajstić information content (AvgIpc) is 2.45. The zero-order valence-electron chi connectivity index (χ0n) is 11.5. The molecule has 1 aliphatic heterocycles. The number of phenolic OH excluding ortho intramolecular Hbond substituents is 1. The first-order chi connectivity index (χ1) is 9.99. The molecule has 1 saturated heterocycles. The number of hydrogen-bond donors (Lipinski definition) is 3. The van der Waals surface area contributed by atoms with Gasteiger partial charge in [-0.1, -0.05) is 0 Å². The van der Waals surface area contributed by atoms with Gasteiger partial charge in [-0.3, -0.25) is 9.59 Å². The fourth-order valence-electron chi connectivity index (χ4n) is 2.49. The summed E-state index contributed by atoms with van der Waals surface area (Å²) in [6, 6.07) is 3.17. The number of aromatic hydroxyl groups is 1. The van der Waals surface area contributed by atoms with E-state index >= 15 is 0 Å². The number of nitrogens with zero attached hydrogens (tertiary/aromatic N) is 1. The number of primary amides is 1. The van der Waals surface area contributed by atoms with E-state index < -0.39 is 17.6 Å². The van der Waals surface area contributed by atoms with Gasteiger partial charge in [0.15, 0.2) is 0 Å². The molecule has 7 heteroatoms. The van der Waals surface area contributed by atoms with Crippen LogP contribution in [0.2, 0.25) is 0 Å². The van der Waals surface area contributed by atoms with Gasteiger partial charge in [0.25, 0.3) is 5.91 Å². The Morgan fingerprint density at radius 3 is 2.62 bits per heavy atom. The van der Waals surface area contributed by atoms with E-state index in [1.165, 1.54) is 17.0 Å². The van der Waals surface area contributed by atoms with Crippen LogP contribution in [0.25, 0.3) is 0 Å². The lowest BCUT2D eigenvalue weighted by Gasteiger charge is -2.34. The van der Waals surface area contributed by atoms with Crippen LogP contribution in [0.15, 0.2) is 18.2 Å². The van der Waals surface area contributed by atoms with Crippen molar-refractivity contribution in [3.05, 3.63) is 29.6 Å². The molecule has 2 amide bonds. The second-order valence-corrected chi connectivity index (χ2v) is 5.04. The molecule has 2 rings (SSSR count). The summed E-state index contributed by atoms with van der Waals surface area (Å²) in [7, 11) is 0. The highest BCUT2D eigenvalue weighted by atomic mass is 19.1. The van der Waals surface area contributed by atoms with Crippen molar-refractivity contribution in [3.8, 4) is 5.75 Å². The van der Waals surface area contributed by atoms with Gasteiger partial charge in [-0.2, -0.15) is 0 Å². The molecule has 6 nitrogen and oxygen atoms in total. The van der Waals surface area contributed by atoms with Crippen molar-refractivity contribution < 1.29 is 19.1 Å². The van der Waals surface area contributed by atoms with E-state index in [4.69, 9.17) is 5.73 Å². The normalized spacial score (nSPS) is 15.7. The first kappa shape index (κ1) is 15.2. The summed E-state index contributed by atoms with van der Waals surface area (Å²) in [6.45, 7) is 1.21. The molecule has 4 N–H and O–H groups in total. The molecular weight excluding hydrogens is 277 g/mol. The fourth-order valence-corrected chi connectivity index (χ4v) is 2.49. The zero-order valence-corrected chi connectivity index (χ0v) is 11.5. The molecule has 0 saturated carbocycles. The summed E-state index contributed by atoms with van der Waals surface area (Å²) in [6.07, 6.45) is 1.36. The van der Waals surface area contributed by atoms with Gasteiger partial charge in [-0.05, 0) is 38.1 Å². The highest BCUT2D eigenvalue weighted by Gasteiger charge is 2.28. The van der Waals surface area contributed by atoms with Gasteiger partial charge in [0, 0.05) is 12.1 Å². The highest BCUT2D eigenvalue weighted by Crippen LogP contribution is 2.20. The molecule has 0 aliphatic carbocycles. The lowest BCUT2D eigenvalue weighted by molar-refractivity contribution is -0.119. The number of hydrogen-bond acceptors (Lipinski definition) is 4. The Labute approximate surface area is 121 Å². The summed E-state index contributed by atoms with van der Waals surface area (Å²) in [5.41, 5.74) is 5.02. The summed E-state index contributed by atoms with van der Waals surface area (Å²) < 4.78 is 13.8. The van der Waals surface area contributed by atoms with Crippen molar-refractivity contribution >= 4 is 11.8 Å². The fraction of sp³-hybridized carbons (Fsp3) is 0.429. The van der Waals surface area contributed by atoms with Crippen molar-refractivity contribution in [2.24, 2.45) is 5.73 Å². The first-order valence-electron chi connectivity index (χ1n) is 6.77. The van der Waals surface area contributed by atoms with E-state index in [1.54, 1.807) is 0 Å². The Hall–Kier alpha value is -2.15. The van der Waals surface area contributed by atoms with E-state index in [9.17, 15) is 19.1 Å². The number of carbonyl (C=O) groups is 2. The minimum Gasteiger partial charge on any atom is -0.508 e. The molecule has 0 atom stereocenters. The summed E-state index contributed by atoms with van der Waals surface area (Å²) >= 11 is 0. The monoisotopic (exact) mass is 295 g/mol. The lowest BCUT2D eigenvalue weighted by Crippen LogP contribution is -2.49. The quantitative estimate of drug-likeness (QED) is 0.740. The second kappa shape index (κ2) is 6.53. The third kappa shape index (κ3) is 3.69. The number of halogens is 1. The minimum absolute atomic E-state index is 0.153. The summed E-state index contributed by atoms with van der Waals surface area (Å²) in [4.78, 5) is 25.0. The first-order valence-corrected chi connectivity index (χ1v) is 6.77. The number of amides is 2. The van der Waals surface area contributed by atoms with Gasteiger partial charge >= 0.3 is 0 Å². The Balaban J connectivity index is 2.26. The number of benzene rings is 1. The number of rotatable bonds is 4.